The Labute approximate surface area is 207 Å². The molecule has 1 fully saturated rings. The van der Waals surface area contributed by atoms with Gasteiger partial charge in [0.05, 0.1) is 5.69 Å². The van der Waals surface area contributed by atoms with Crippen molar-refractivity contribution in [2.75, 3.05) is 24.2 Å². The van der Waals surface area contributed by atoms with E-state index >= 15 is 0 Å². The van der Waals surface area contributed by atoms with E-state index in [1.165, 1.54) is 23.6 Å². The van der Waals surface area contributed by atoms with Crippen molar-refractivity contribution >= 4 is 37.5 Å². The van der Waals surface area contributed by atoms with Crippen molar-refractivity contribution in [3.8, 4) is 16.5 Å². The van der Waals surface area contributed by atoms with Gasteiger partial charge in [0, 0.05) is 42.9 Å². The van der Waals surface area contributed by atoms with Gasteiger partial charge in [0.15, 0.2) is 20.7 Å². The molecule has 1 aliphatic heterocycles. The second-order valence-corrected chi connectivity index (χ2v) is 12.0. The Bertz CT molecular complexity index is 1450. The normalized spacial score (nSPS) is 17.4. The van der Waals surface area contributed by atoms with Gasteiger partial charge in [-0.15, -0.1) is 0 Å². The average Bonchev–Trinajstić information content (AvgIpc) is 3.56. The molecule has 0 spiro atoms. The number of hydrogen-bond donors (Lipinski definition) is 0. The van der Waals surface area contributed by atoms with E-state index in [1.54, 1.807) is 6.07 Å². The molecule has 4 aromatic rings. The number of hydrogen-bond acceptors (Lipinski definition) is 11. The van der Waals surface area contributed by atoms with Crippen LogP contribution in [0, 0.1) is 5.92 Å². The number of ether oxygens (including phenoxy) is 1. The highest BCUT2D eigenvalue weighted by molar-refractivity contribution is 7.90. The summed E-state index contributed by atoms with van der Waals surface area (Å²) in [6, 6.07) is 7.49. The van der Waals surface area contributed by atoms with Crippen molar-refractivity contribution in [2.45, 2.75) is 44.2 Å². The van der Waals surface area contributed by atoms with Crippen LogP contribution in [-0.4, -0.2) is 59.0 Å². The molecule has 1 saturated heterocycles. The first-order valence-electron chi connectivity index (χ1n) is 11.4. The maximum absolute atomic E-state index is 11.6. The summed E-state index contributed by atoms with van der Waals surface area (Å²) in [5, 5.41) is 4.67. The van der Waals surface area contributed by atoms with E-state index < -0.39 is 9.84 Å². The van der Waals surface area contributed by atoms with Crippen LogP contribution in [0.1, 0.15) is 38.9 Å². The van der Waals surface area contributed by atoms with Crippen LogP contribution in [0.15, 0.2) is 40.0 Å². The molecule has 0 bridgehead atoms. The topological polar surface area (TPSA) is 124 Å². The zero-order valence-electron chi connectivity index (χ0n) is 19.9. The number of thiazole rings is 1. The summed E-state index contributed by atoms with van der Waals surface area (Å²) in [5.74, 6) is 1.25. The van der Waals surface area contributed by atoms with E-state index in [-0.39, 0.29) is 17.0 Å². The minimum atomic E-state index is -3.34. The lowest BCUT2D eigenvalue weighted by molar-refractivity contribution is 0.161. The number of rotatable bonds is 7. The van der Waals surface area contributed by atoms with Gasteiger partial charge in [-0.3, -0.25) is 0 Å². The van der Waals surface area contributed by atoms with Gasteiger partial charge in [-0.1, -0.05) is 30.3 Å². The highest BCUT2D eigenvalue weighted by atomic mass is 32.2. The highest BCUT2D eigenvalue weighted by Gasteiger charge is 2.31. The molecule has 5 rings (SSSR count). The van der Waals surface area contributed by atoms with Crippen molar-refractivity contribution < 1.29 is 17.7 Å². The van der Waals surface area contributed by atoms with Gasteiger partial charge in [-0.2, -0.15) is 4.98 Å². The van der Waals surface area contributed by atoms with Crippen molar-refractivity contribution in [1.29, 1.82) is 0 Å². The lowest BCUT2D eigenvalue weighted by Gasteiger charge is -2.19. The molecule has 0 saturated carbocycles. The number of sulfone groups is 1. The van der Waals surface area contributed by atoms with Crippen molar-refractivity contribution in [2.24, 2.45) is 5.92 Å². The summed E-state index contributed by atoms with van der Waals surface area (Å²) in [5.41, 5.74) is 2.18. The monoisotopic (exact) mass is 514 g/mol. The molecule has 1 unspecified atom stereocenters. The van der Waals surface area contributed by atoms with Gasteiger partial charge < -0.3 is 14.2 Å². The number of nitrogens with zero attached hydrogens (tertiary/aromatic N) is 6. The predicted octanol–water partition coefficient (Wildman–Crippen LogP) is 3.96. The first-order valence-corrected chi connectivity index (χ1v) is 14.1. The third kappa shape index (κ3) is 4.98. The summed E-state index contributed by atoms with van der Waals surface area (Å²) in [6.07, 6.45) is 3.57. The fourth-order valence-electron chi connectivity index (χ4n) is 3.95. The third-order valence-corrected chi connectivity index (χ3v) is 7.90. The predicted molar refractivity (Wildman–Crippen MR) is 133 cm³/mol. The summed E-state index contributed by atoms with van der Waals surface area (Å²) in [7, 11) is -3.34. The molecule has 1 aliphatic rings. The quantitative estimate of drug-likeness (QED) is 0.358. The Morgan fingerprint density at radius 1 is 1.14 bits per heavy atom. The number of pyridine rings is 2. The second-order valence-electron chi connectivity index (χ2n) is 9.07. The van der Waals surface area contributed by atoms with E-state index in [1.807, 2.05) is 26.0 Å². The summed E-state index contributed by atoms with van der Waals surface area (Å²) >= 11 is 1.39. The van der Waals surface area contributed by atoms with Gasteiger partial charge >= 0.3 is 6.01 Å². The molecule has 35 heavy (non-hydrogen) atoms. The average molecular weight is 515 g/mol. The van der Waals surface area contributed by atoms with Crippen molar-refractivity contribution in [1.82, 2.24) is 25.1 Å². The summed E-state index contributed by atoms with van der Waals surface area (Å²) in [4.78, 5) is 20.7. The highest BCUT2D eigenvalue weighted by Crippen LogP contribution is 2.32. The molecule has 0 amide bonds. The van der Waals surface area contributed by atoms with E-state index in [2.05, 4.69) is 36.9 Å². The van der Waals surface area contributed by atoms with E-state index in [0.29, 0.717) is 22.8 Å². The Hall–Kier alpha value is -3.12. The van der Waals surface area contributed by atoms with Gasteiger partial charge in [0.25, 0.3) is 5.19 Å². The number of anilines is 1. The van der Waals surface area contributed by atoms with Crippen LogP contribution in [0.3, 0.4) is 0 Å². The van der Waals surface area contributed by atoms with Gasteiger partial charge in [0.1, 0.15) is 16.5 Å². The first-order chi connectivity index (χ1) is 16.7. The molecule has 2 atom stereocenters. The molecule has 0 N–H and O–H groups in total. The molecule has 0 aliphatic carbocycles. The van der Waals surface area contributed by atoms with Gasteiger partial charge in [0.2, 0.25) is 0 Å². The fourth-order valence-corrected chi connectivity index (χ4v) is 5.38. The van der Waals surface area contributed by atoms with Crippen molar-refractivity contribution in [3.63, 3.8) is 0 Å². The minimum Gasteiger partial charge on any atom is -0.467 e. The molecule has 4 aromatic heterocycles. The Kier molecular flexibility index (Phi) is 6.18. The van der Waals surface area contributed by atoms with E-state index in [9.17, 15) is 8.42 Å². The molecule has 5 heterocycles. The Balaban J connectivity index is 1.26. The molecular weight excluding hydrogens is 488 g/mol. The van der Waals surface area contributed by atoms with Crippen molar-refractivity contribution in [3.05, 3.63) is 36.3 Å². The van der Waals surface area contributed by atoms with E-state index in [4.69, 9.17) is 9.26 Å². The minimum absolute atomic E-state index is 0.0368. The largest absolute Gasteiger partial charge is 0.467 e. The molecule has 0 aromatic carbocycles. The first kappa shape index (κ1) is 23.6. The maximum Gasteiger partial charge on any atom is 0.324 e. The second kappa shape index (κ2) is 9.15. The SMILES string of the molecule is CC(C)c1noc(N2CCC([C@H](C)Oc3nc4ccc(-c5ccc(S(C)(=O)=O)nc5)nc4s3)C2)n1. The Morgan fingerprint density at radius 2 is 1.97 bits per heavy atom. The van der Waals surface area contributed by atoms with Crippen LogP contribution in [-0.2, 0) is 9.84 Å². The molecular formula is C23H26N6O4S2. The zero-order valence-corrected chi connectivity index (χ0v) is 21.5. The fraction of sp³-hybridized carbons (Fsp3) is 0.435. The standard InChI is InChI=1S/C23H26N6O4S2/c1-13(2)20-27-22(33-28-20)29-10-9-16(12-29)14(3)32-23-26-18-7-6-17(25-21(18)34-23)15-5-8-19(24-11-15)35(4,30)31/h5-8,11,13-14,16H,9-10,12H2,1-4H3/t14-,16?/m0/s1. The molecule has 10 nitrogen and oxygen atoms in total. The molecule has 12 heteroatoms. The van der Waals surface area contributed by atoms with Crippen LogP contribution in [0.25, 0.3) is 21.6 Å². The summed E-state index contributed by atoms with van der Waals surface area (Å²) < 4.78 is 34.9. The lowest BCUT2D eigenvalue weighted by atomic mass is 10.0. The van der Waals surface area contributed by atoms with Crippen LogP contribution in [0.4, 0.5) is 6.01 Å². The lowest BCUT2D eigenvalue weighted by Crippen LogP contribution is -2.27. The van der Waals surface area contributed by atoms with Crippen LogP contribution in [0.5, 0.6) is 5.19 Å². The van der Waals surface area contributed by atoms with Gasteiger partial charge in [-0.25, -0.2) is 23.4 Å². The number of aromatic nitrogens is 5. The Morgan fingerprint density at radius 3 is 2.66 bits per heavy atom. The summed E-state index contributed by atoms with van der Waals surface area (Å²) in [6.45, 7) is 7.76. The van der Waals surface area contributed by atoms with Crippen LogP contribution >= 0.6 is 11.3 Å². The zero-order chi connectivity index (χ0) is 24.7. The van der Waals surface area contributed by atoms with Crippen LogP contribution in [0.2, 0.25) is 0 Å². The number of fused-ring (bicyclic) bond motifs is 1. The molecule has 0 radical (unpaired) electrons. The van der Waals surface area contributed by atoms with Crippen LogP contribution < -0.4 is 9.64 Å². The van der Waals surface area contributed by atoms with Gasteiger partial charge in [-0.05, 0) is 37.6 Å². The smallest absolute Gasteiger partial charge is 0.324 e. The van der Waals surface area contributed by atoms with E-state index in [0.717, 1.165) is 47.5 Å². The molecule has 184 valence electrons. The maximum atomic E-state index is 11.6. The third-order valence-electron chi connectivity index (χ3n) is 6.04.